The zero-order valence-corrected chi connectivity index (χ0v) is 12.3. The Morgan fingerprint density at radius 2 is 2.05 bits per heavy atom. The Balaban J connectivity index is 1.83. The average Bonchev–Trinajstić information content (AvgIpc) is 2.49. The molecule has 0 amide bonds. The van der Waals surface area contributed by atoms with Crippen LogP contribution in [0.5, 0.6) is 5.75 Å². The van der Waals surface area contributed by atoms with Crippen LogP contribution in [0.15, 0.2) is 12.3 Å². The lowest BCUT2D eigenvalue weighted by Gasteiger charge is -2.27. The largest absolute Gasteiger partial charge is 0.425 e. The van der Waals surface area contributed by atoms with Gasteiger partial charge in [0.1, 0.15) is 0 Å². The number of pyridine rings is 1. The van der Waals surface area contributed by atoms with Gasteiger partial charge in [0.05, 0.1) is 12.1 Å². The highest BCUT2D eigenvalue weighted by atomic mass is 19.2. The second kappa shape index (κ2) is 7.48. The average molecular weight is 297 g/mol. The summed E-state index contributed by atoms with van der Waals surface area (Å²) in [6, 6.07) is 0.854. The smallest absolute Gasteiger partial charge is 0.314 e. The van der Waals surface area contributed by atoms with Crippen molar-refractivity contribution in [1.82, 2.24) is 4.98 Å². The van der Waals surface area contributed by atoms with Gasteiger partial charge in [-0.25, -0.2) is 9.37 Å². The number of carbonyl (C=O) groups is 1. The maximum absolute atomic E-state index is 13.0. The first-order chi connectivity index (χ1) is 10.1. The van der Waals surface area contributed by atoms with Crippen LogP contribution < -0.4 is 4.74 Å². The van der Waals surface area contributed by atoms with Crippen molar-refractivity contribution in [3.8, 4) is 5.75 Å². The molecular formula is C16H21F2NO2. The van der Waals surface area contributed by atoms with Gasteiger partial charge in [0, 0.05) is 6.07 Å². The molecule has 0 bridgehead atoms. The molecule has 21 heavy (non-hydrogen) atoms. The summed E-state index contributed by atoms with van der Waals surface area (Å²) < 4.78 is 30.8. The summed E-state index contributed by atoms with van der Waals surface area (Å²) in [6.45, 7) is 2.18. The summed E-state index contributed by atoms with van der Waals surface area (Å²) in [6.07, 6.45) is 8.39. The van der Waals surface area contributed by atoms with E-state index in [0.29, 0.717) is 5.92 Å². The molecule has 0 aliphatic heterocycles. The number of ether oxygens (including phenoxy) is 1. The van der Waals surface area contributed by atoms with Gasteiger partial charge < -0.3 is 4.74 Å². The lowest BCUT2D eigenvalue weighted by molar-refractivity contribution is -0.140. The van der Waals surface area contributed by atoms with Gasteiger partial charge in [-0.15, -0.1) is 0 Å². The van der Waals surface area contributed by atoms with Gasteiger partial charge in [-0.1, -0.05) is 26.2 Å². The van der Waals surface area contributed by atoms with Crippen molar-refractivity contribution in [2.24, 2.45) is 11.8 Å². The van der Waals surface area contributed by atoms with E-state index in [-0.39, 0.29) is 17.6 Å². The number of rotatable bonds is 5. The van der Waals surface area contributed by atoms with Crippen molar-refractivity contribution < 1.29 is 18.3 Å². The molecule has 1 saturated carbocycles. The van der Waals surface area contributed by atoms with E-state index in [9.17, 15) is 13.6 Å². The van der Waals surface area contributed by atoms with Crippen LogP contribution in [0.25, 0.3) is 0 Å². The van der Waals surface area contributed by atoms with Crippen LogP contribution in [-0.4, -0.2) is 11.0 Å². The standard InChI is InChI=1S/C16H21F2NO2/c1-2-3-4-11-5-7-12(8-6-11)16(20)21-13-9-14(17)15(18)19-10-13/h9-12H,2-8H2,1H3/t11-,12-. The summed E-state index contributed by atoms with van der Waals surface area (Å²) in [7, 11) is 0. The predicted octanol–water partition coefficient (Wildman–Crippen LogP) is 4.26. The highest BCUT2D eigenvalue weighted by Gasteiger charge is 2.27. The second-order valence-corrected chi connectivity index (χ2v) is 5.72. The number of hydrogen-bond donors (Lipinski definition) is 0. The Kier molecular flexibility index (Phi) is 5.65. The molecule has 1 heterocycles. The first-order valence-electron chi connectivity index (χ1n) is 7.63. The zero-order chi connectivity index (χ0) is 15.2. The van der Waals surface area contributed by atoms with Crippen LogP contribution in [0.1, 0.15) is 51.9 Å². The van der Waals surface area contributed by atoms with Crippen molar-refractivity contribution in [2.75, 3.05) is 0 Å². The Bertz CT molecular complexity index is 485. The fourth-order valence-corrected chi connectivity index (χ4v) is 2.84. The summed E-state index contributed by atoms with van der Waals surface area (Å²) >= 11 is 0. The minimum absolute atomic E-state index is 0.0352. The molecule has 0 aromatic carbocycles. The maximum Gasteiger partial charge on any atom is 0.314 e. The topological polar surface area (TPSA) is 39.2 Å². The van der Waals surface area contributed by atoms with Crippen LogP contribution >= 0.6 is 0 Å². The molecular weight excluding hydrogens is 276 g/mol. The van der Waals surface area contributed by atoms with E-state index in [0.717, 1.165) is 37.9 Å². The summed E-state index contributed by atoms with van der Waals surface area (Å²) in [5.41, 5.74) is 0. The molecule has 1 aliphatic carbocycles. The molecule has 1 aromatic rings. The number of nitrogens with zero attached hydrogens (tertiary/aromatic N) is 1. The Hall–Kier alpha value is -1.52. The molecule has 0 N–H and O–H groups in total. The molecule has 0 spiro atoms. The van der Waals surface area contributed by atoms with Gasteiger partial charge >= 0.3 is 5.97 Å². The highest BCUT2D eigenvalue weighted by Crippen LogP contribution is 2.32. The van der Waals surface area contributed by atoms with Crippen molar-refractivity contribution >= 4 is 5.97 Å². The van der Waals surface area contributed by atoms with Crippen LogP contribution in [0.3, 0.4) is 0 Å². The Labute approximate surface area is 123 Å². The minimum Gasteiger partial charge on any atom is -0.425 e. The zero-order valence-electron chi connectivity index (χ0n) is 12.3. The van der Waals surface area contributed by atoms with Crippen LogP contribution in [0, 0.1) is 23.6 Å². The fourth-order valence-electron chi connectivity index (χ4n) is 2.84. The van der Waals surface area contributed by atoms with Crippen LogP contribution in [0.2, 0.25) is 0 Å². The normalized spacial score (nSPS) is 22.0. The third-order valence-electron chi connectivity index (χ3n) is 4.14. The van der Waals surface area contributed by atoms with Gasteiger partial charge in [-0.3, -0.25) is 4.79 Å². The van der Waals surface area contributed by atoms with E-state index in [1.165, 1.54) is 19.3 Å². The predicted molar refractivity (Wildman–Crippen MR) is 74.8 cm³/mol. The maximum atomic E-state index is 13.0. The number of halogens is 2. The van der Waals surface area contributed by atoms with Crippen molar-refractivity contribution in [2.45, 2.75) is 51.9 Å². The van der Waals surface area contributed by atoms with Gasteiger partial charge in [0.25, 0.3) is 0 Å². The number of carbonyl (C=O) groups excluding carboxylic acids is 1. The van der Waals surface area contributed by atoms with E-state index in [1.54, 1.807) is 0 Å². The quantitative estimate of drug-likeness (QED) is 0.602. The third kappa shape index (κ3) is 4.48. The molecule has 0 unspecified atom stereocenters. The number of aromatic nitrogens is 1. The molecule has 1 aromatic heterocycles. The molecule has 1 fully saturated rings. The van der Waals surface area contributed by atoms with E-state index in [1.807, 2.05) is 0 Å². The molecule has 0 radical (unpaired) electrons. The van der Waals surface area contributed by atoms with E-state index in [4.69, 9.17) is 4.74 Å². The molecule has 116 valence electrons. The first kappa shape index (κ1) is 15.9. The molecule has 0 atom stereocenters. The number of esters is 1. The highest BCUT2D eigenvalue weighted by molar-refractivity contribution is 5.75. The first-order valence-corrected chi connectivity index (χ1v) is 7.63. The van der Waals surface area contributed by atoms with E-state index in [2.05, 4.69) is 11.9 Å². The number of unbranched alkanes of at least 4 members (excludes halogenated alkanes) is 1. The fraction of sp³-hybridized carbons (Fsp3) is 0.625. The summed E-state index contributed by atoms with van der Waals surface area (Å²) in [4.78, 5) is 15.2. The van der Waals surface area contributed by atoms with Gasteiger partial charge in [0.15, 0.2) is 11.6 Å². The summed E-state index contributed by atoms with van der Waals surface area (Å²) in [5, 5.41) is 0. The lowest BCUT2D eigenvalue weighted by atomic mass is 9.80. The Morgan fingerprint density at radius 1 is 1.33 bits per heavy atom. The van der Waals surface area contributed by atoms with Crippen LogP contribution in [0.4, 0.5) is 8.78 Å². The third-order valence-corrected chi connectivity index (χ3v) is 4.14. The van der Waals surface area contributed by atoms with Gasteiger partial charge in [0.2, 0.25) is 5.95 Å². The van der Waals surface area contributed by atoms with Crippen molar-refractivity contribution in [3.05, 3.63) is 24.0 Å². The SMILES string of the molecule is CCCC[C@H]1CC[C@H](C(=O)Oc2cnc(F)c(F)c2)CC1. The number of hydrogen-bond acceptors (Lipinski definition) is 3. The van der Waals surface area contributed by atoms with E-state index < -0.39 is 11.8 Å². The Morgan fingerprint density at radius 3 is 2.67 bits per heavy atom. The van der Waals surface area contributed by atoms with Crippen molar-refractivity contribution in [3.63, 3.8) is 0 Å². The second-order valence-electron chi connectivity index (χ2n) is 5.72. The van der Waals surface area contributed by atoms with Gasteiger partial charge in [-0.05, 0) is 31.6 Å². The van der Waals surface area contributed by atoms with Crippen LogP contribution in [-0.2, 0) is 4.79 Å². The van der Waals surface area contributed by atoms with Gasteiger partial charge in [-0.2, -0.15) is 4.39 Å². The lowest BCUT2D eigenvalue weighted by Crippen LogP contribution is -2.25. The molecule has 3 nitrogen and oxygen atoms in total. The molecule has 2 rings (SSSR count). The minimum atomic E-state index is -1.19. The monoisotopic (exact) mass is 297 g/mol. The molecule has 0 saturated heterocycles. The van der Waals surface area contributed by atoms with E-state index >= 15 is 0 Å². The molecule has 5 heteroatoms. The van der Waals surface area contributed by atoms with Crippen molar-refractivity contribution in [1.29, 1.82) is 0 Å². The summed E-state index contributed by atoms with van der Waals surface area (Å²) in [5.74, 6) is -2.13. The molecule has 1 aliphatic rings.